The van der Waals surface area contributed by atoms with Gasteiger partial charge in [0.2, 0.25) is 29.5 Å². The van der Waals surface area contributed by atoms with Crippen LogP contribution >= 0.6 is 0 Å². The van der Waals surface area contributed by atoms with Gasteiger partial charge in [0.15, 0.2) is 0 Å². The molecule has 2 saturated heterocycles. The molecule has 0 saturated carbocycles. The summed E-state index contributed by atoms with van der Waals surface area (Å²) in [6.07, 6.45) is 3.84. The van der Waals surface area contributed by atoms with Crippen LogP contribution in [-0.4, -0.2) is 112 Å². The van der Waals surface area contributed by atoms with E-state index in [1.54, 1.807) is 57.8 Å². The van der Waals surface area contributed by atoms with Crippen molar-refractivity contribution in [3.63, 3.8) is 0 Å². The molecular weight excluding hydrogens is 891 g/mol. The van der Waals surface area contributed by atoms with Crippen LogP contribution in [0.2, 0.25) is 0 Å². The highest BCUT2D eigenvalue weighted by Gasteiger charge is 2.45. The normalized spacial score (nSPS) is 17.9. The average molecular weight is 969 g/mol. The fourth-order valence-electron chi connectivity index (χ4n) is 9.34. The monoisotopic (exact) mass is 969 g/mol. The molecule has 14 heteroatoms. The molecule has 12 nitrogen and oxygen atoms in total. The highest BCUT2D eigenvalue weighted by atomic mass is 19.1. The van der Waals surface area contributed by atoms with Crippen LogP contribution in [0.25, 0.3) is 0 Å². The van der Waals surface area contributed by atoms with Gasteiger partial charge in [-0.25, -0.2) is 8.78 Å². The standard InChI is InChI=1S/C56H78F2N6O6/c1-11-37(2)50(66)60-49(56(7,8)9)54(70)64-31-13-15-47(64)53(69)62(33-29-40-22-26-44(58)27-23-40)36-42-18-16-41(17-19-42)35-61(32-28-39-20-24-43(57)25-21-39)52(68)46-14-12-30-63(46)51(67)45(55(4,5)6)34-48(65)38(3)59-10/h16-27,37-38,45-47,49,59H,11-15,28-36H2,1-10H3,(H,60,66)/t37-,38+,45-,46+,47+,49-/m1/s1. The summed E-state index contributed by atoms with van der Waals surface area (Å²) in [5.41, 5.74) is 2.22. The van der Waals surface area contributed by atoms with Crippen LogP contribution in [0.15, 0.2) is 72.8 Å². The Balaban J connectivity index is 1.39. The van der Waals surface area contributed by atoms with Crippen molar-refractivity contribution in [2.24, 2.45) is 22.7 Å². The number of amides is 5. The van der Waals surface area contributed by atoms with Crippen LogP contribution in [0.4, 0.5) is 8.78 Å². The third-order valence-corrected chi connectivity index (χ3v) is 14.3. The van der Waals surface area contributed by atoms with Gasteiger partial charge in [-0.3, -0.25) is 28.8 Å². The van der Waals surface area contributed by atoms with Gasteiger partial charge in [-0.15, -0.1) is 0 Å². The summed E-state index contributed by atoms with van der Waals surface area (Å²) >= 11 is 0. The second-order valence-corrected chi connectivity index (χ2v) is 21.7. The SMILES string of the molecule is CC[C@@H](C)C(=O)N[C@H](C(=O)N1CCC[C@H]1C(=O)N(CCc1ccc(F)cc1)Cc1ccc(CN(CCc2ccc(F)cc2)C(=O)[C@@H]2CCCN2C(=O)[C@@H](CC(=O)[C@H](C)NC)C(C)(C)C)cc1)C(C)(C)C. The number of hydrogen-bond donors (Lipinski definition) is 2. The third kappa shape index (κ3) is 14.8. The third-order valence-electron chi connectivity index (χ3n) is 14.3. The van der Waals surface area contributed by atoms with Gasteiger partial charge in [-0.05, 0) is 116 Å². The van der Waals surface area contributed by atoms with Gasteiger partial charge in [0.1, 0.15) is 35.5 Å². The number of nitrogens with zero attached hydrogens (tertiary/aromatic N) is 4. The number of hydrogen-bond acceptors (Lipinski definition) is 7. The van der Waals surface area contributed by atoms with Crippen molar-refractivity contribution < 1.29 is 37.5 Å². The zero-order valence-corrected chi connectivity index (χ0v) is 43.3. The number of likely N-dealkylation sites (N-methyl/N-ethyl adjacent to an activating group) is 1. The minimum absolute atomic E-state index is 0.0600. The van der Waals surface area contributed by atoms with E-state index >= 15 is 0 Å². The quantitative estimate of drug-likeness (QED) is 0.111. The van der Waals surface area contributed by atoms with Crippen LogP contribution in [0.1, 0.15) is 123 Å². The summed E-state index contributed by atoms with van der Waals surface area (Å²) in [6, 6.07) is 17.4. The molecule has 5 amide bonds. The predicted molar refractivity (Wildman–Crippen MR) is 269 cm³/mol. The average Bonchev–Trinajstić information content (AvgIpc) is 4.03. The van der Waals surface area contributed by atoms with Crippen LogP contribution in [0, 0.1) is 34.3 Å². The molecule has 0 aromatic heterocycles. The molecule has 70 heavy (non-hydrogen) atoms. The summed E-state index contributed by atoms with van der Waals surface area (Å²) in [5.74, 6) is -2.75. The highest BCUT2D eigenvalue weighted by molar-refractivity contribution is 5.94. The number of benzene rings is 3. The molecule has 0 aliphatic carbocycles. The number of likely N-dealkylation sites (tertiary alicyclic amines) is 2. The molecule has 0 spiro atoms. The second kappa shape index (κ2) is 24.6. The molecule has 2 heterocycles. The van der Waals surface area contributed by atoms with E-state index in [4.69, 9.17) is 0 Å². The maximum atomic E-state index is 14.8. The smallest absolute Gasteiger partial charge is 0.246 e. The van der Waals surface area contributed by atoms with Gasteiger partial charge in [-0.2, -0.15) is 0 Å². The zero-order chi connectivity index (χ0) is 51.5. The maximum absolute atomic E-state index is 14.8. The van der Waals surface area contributed by atoms with Crippen molar-refractivity contribution >= 4 is 35.3 Å². The van der Waals surface area contributed by atoms with E-state index in [2.05, 4.69) is 10.6 Å². The first-order chi connectivity index (χ1) is 33.0. The van der Waals surface area contributed by atoms with Crippen molar-refractivity contribution in [1.29, 1.82) is 0 Å². The Kier molecular flexibility index (Phi) is 19.4. The van der Waals surface area contributed by atoms with E-state index in [9.17, 15) is 37.5 Å². The maximum Gasteiger partial charge on any atom is 0.246 e. The Morgan fingerprint density at radius 2 is 1.06 bits per heavy atom. The largest absolute Gasteiger partial charge is 0.344 e. The molecule has 2 aliphatic rings. The molecule has 6 atom stereocenters. The van der Waals surface area contributed by atoms with E-state index in [0.717, 1.165) is 22.3 Å². The lowest BCUT2D eigenvalue weighted by Gasteiger charge is -2.37. The van der Waals surface area contributed by atoms with E-state index in [1.807, 2.05) is 79.7 Å². The molecule has 2 aliphatic heterocycles. The first kappa shape index (κ1) is 55.4. The molecule has 5 rings (SSSR count). The Hall–Kier alpha value is -5.50. The minimum Gasteiger partial charge on any atom is -0.344 e. The Morgan fingerprint density at radius 1 is 0.643 bits per heavy atom. The minimum atomic E-state index is -0.828. The molecular formula is C56H78F2N6O6. The lowest BCUT2D eigenvalue weighted by Crippen LogP contribution is -2.58. The van der Waals surface area contributed by atoms with Crippen molar-refractivity contribution in [3.05, 3.63) is 107 Å². The van der Waals surface area contributed by atoms with E-state index in [-0.39, 0.29) is 72.4 Å². The molecule has 2 fully saturated rings. The zero-order valence-electron chi connectivity index (χ0n) is 43.3. The number of nitrogens with one attached hydrogen (secondary N) is 2. The lowest BCUT2D eigenvalue weighted by atomic mass is 9.76. The van der Waals surface area contributed by atoms with Crippen molar-refractivity contribution in [1.82, 2.24) is 30.2 Å². The number of carbonyl (C=O) groups is 6. The molecule has 382 valence electrons. The first-order valence-electron chi connectivity index (χ1n) is 25.3. The first-order valence-corrected chi connectivity index (χ1v) is 25.3. The summed E-state index contributed by atoms with van der Waals surface area (Å²) in [5, 5.41) is 5.98. The number of rotatable bonds is 21. The lowest BCUT2D eigenvalue weighted by molar-refractivity contribution is -0.149. The van der Waals surface area contributed by atoms with Gasteiger partial charge in [0.05, 0.1) is 6.04 Å². The van der Waals surface area contributed by atoms with Crippen molar-refractivity contribution in [3.8, 4) is 0 Å². The second-order valence-electron chi connectivity index (χ2n) is 21.7. The Bertz CT molecular complexity index is 2100. The van der Waals surface area contributed by atoms with Crippen molar-refractivity contribution in [2.75, 3.05) is 33.2 Å². The number of Topliss-reactive ketones (excluding diaryl/α,β-unsaturated/α-hetero) is 1. The fraction of sp³-hybridized carbons (Fsp3) is 0.571. The Labute approximate surface area is 415 Å². The van der Waals surface area contributed by atoms with E-state index in [1.165, 1.54) is 24.3 Å². The van der Waals surface area contributed by atoms with E-state index < -0.39 is 40.9 Å². The summed E-state index contributed by atoms with van der Waals surface area (Å²) < 4.78 is 27.8. The van der Waals surface area contributed by atoms with Gasteiger partial charge >= 0.3 is 0 Å². The van der Waals surface area contributed by atoms with Crippen LogP contribution in [0.3, 0.4) is 0 Å². The van der Waals surface area contributed by atoms with E-state index in [0.29, 0.717) is 71.1 Å². The summed E-state index contributed by atoms with van der Waals surface area (Å²) in [7, 11) is 1.71. The van der Waals surface area contributed by atoms with Crippen LogP contribution in [0.5, 0.6) is 0 Å². The molecule has 3 aromatic rings. The van der Waals surface area contributed by atoms with Gasteiger partial charge in [0, 0.05) is 57.5 Å². The van der Waals surface area contributed by atoms with Crippen molar-refractivity contribution in [2.45, 2.75) is 151 Å². The topological polar surface area (TPSA) is 139 Å². The predicted octanol–water partition coefficient (Wildman–Crippen LogP) is 7.90. The molecule has 0 radical (unpaired) electrons. The Morgan fingerprint density at radius 3 is 1.44 bits per heavy atom. The highest BCUT2D eigenvalue weighted by Crippen LogP contribution is 2.34. The van der Waals surface area contributed by atoms with Gasteiger partial charge in [-0.1, -0.05) is 104 Å². The fourth-order valence-corrected chi connectivity index (χ4v) is 9.34. The number of ketones is 1. The molecule has 0 unspecified atom stereocenters. The van der Waals surface area contributed by atoms with Gasteiger partial charge in [0.25, 0.3) is 0 Å². The number of halogens is 2. The molecule has 2 N–H and O–H groups in total. The van der Waals surface area contributed by atoms with Crippen LogP contribution in [-0.2, 0) is 54.7 Å². The molecule has 0 bridgehead atoms. The summed E-state index contributed by atoms with van der Waals surface area (Å²) in [6.45, 7) is 19.0. The van der Waals surface area contributed by atoms with Gasteiger partial charge < -0.3 is 30.2 Å². The van der Waals surface area contributed by atoms with Crippen LogP contribution < -0.4 is 10.6 Å². The number of carbonyl (C=O) groups excluding carboxylic acids is 6. The molecule has 3 aromatic carbocycles. The summed E-state index contributed by atoms with van der Waals surface area (Å²) in [4.78, 5) is 91.3.